The Bertz CT molecular complexity index is 1090. The lowest BCUT2D eigenvalue weighted by Gasteiger charge is -2.22. The molecule has 3 rings (SSSR count). The fourth-order valence-corrected chi connectivity index (χ4v) is 3.07. The van der Waals surface area contributed by atoms with E-state index in [4.69, 9.17) is 4.74 Å². The van der Waals surface area contributed by atoms with Crippen molar-refractivity contribution in [3.63, 3.8) is 0 Å². The lowest BCUT2D eigenvalue weighted by Crippen LogP contribution is -2.42. The maximum Gasteiger partial charge on any atom is 0.254 e. The summed E-state index contributed by atoms with van der Waals surface area (Å²) in [6.07, 6.45) is 0. The third-order valence-electron chi connectivity index (χ3n) is 4.75. The summed E-state index contributed by atoms with van der Waals surface area (Å²) in [5.41, 5.74) is 1.66. The molecule has 0 bridgehead atoms. The van der Waals surface area contributed by atoms with Gasteiger partial charge < -0.3 is 20.3 Å². The van der Waals surface area contributed by atoms with Crippen molar-refractivity contribution < 1.29 is 23.5 Å². The van der Waals surface area contributed by atoms with E-state index in [2.05, 4.69) is 10.6 Å². The van der Waals surface area contributed by atoms with E-state index >= 15 is 0 Å². The number of rotatable bonds is 9. The standard InChI is InChI=1S/C25H24FN3O4/c1-33-22-13-11-21(12-14-22)28-23(30)15-27-24(31)17-29(16-18-5-3-2-4-6-18)25(32)19-7-9-20(26)10-8-19/h2-14H,15-17H2,1H3,(H,27,31)(H,28,30). The minimum atomic E-state index is -0.494. The number of methoxy groups -OCH3 is 1. The first-order chi connectivity index (χ1) is 15.9. The molecule has 0 spiro atoms. The molecule has 2 N–H and O–H groups in total. The van der Waals surface area contributed by atoms with Gasteiger partial charge in [0.05, 0.1) is 13.7 Å². The molecule has 0 aromatic heterocycles. The summed E-state index contributed by atoms with van der Waals surface area (Å²) in [7, 11) is 1.55. The van der Waals surface area contributed by atoms with Crippen LogP contribution in [0.1, 0.15) is 15.9 Å². The maximum absolute atomic E-state index is 13.2. The van der Waals surface area contributed by atoms with Gasteiger partial charge in [0.1, 0.15) is 18.1 Å². The van der Waals surface area contributed by atoms with Gasteiger partial charge in [0, 0.05) is 17.8 Å². The van der Waals surface area contributed by atoms with Gasteiger partial charge in [0.25, 0.3) is 5.91 Å². The van der Waals surface area contributed by atoms with Crippen LogP contribution < -0.4 is 15.4 Å². The van der Waals surface area contributed by atoms with Gasteiger partial charge in [-0.2, -0.15) is 0 Å². The van der Waals surface area contributed by atoms with Crippen molar-refractivity contribution in [2.45, 2.75) is 6.54 Å². The van der Waals surface area contributed by atoms with Crippen molar-refractivity contribution in [2.75, 3.05) is 25.5 Å². The Morgan fingerprint density at radius 3 is 2.18 bits per heavy atom. The molecule has 0 radical (unpaired) electrons. The van der Waals surface area contributed by atoms with E-state index in [-0.39, 0.29) is 25.2 Å². The first kappa shape index (κ1) is 23.5. The normalized spacial score (nSPS) is 10.2. The number of hydrogen-bond donors (Lipinski definition) is 2. The van der Waals surface area contributed by atoms with Gasteiger partial charge >= 0.3 is 0 Å². The quantitative estimate of drug-likeness (QED) is 0.525. The summed E-state index contributed by atoms with van der Waals surface area (Å²) in [6.45, 7) is -0.335. The van der Waals surface area contributed by atoms with Gasteiger partial charge in [-0.1, -0.05) is 30.3 Å². The number of amides is 3. The van der Waals surface area contributed by atoms with E-state index in [9.17, 15) is 18.8 Å². The summed E-state index contributed by atoms with van der Waals surface area (Å²) in [6, 6.07) is 21.1. The number of hydrogen-bond acceptors (Lipinski definition) is 4. The molecular formula is C25H24FN3O4. The molecule has 3 amide bonds. The van der Waals surface area contributed by atoms with Crippen LogP contribution in [-0.2, 0) is 16.1 Å². The van der Waals surface area contributed by atoms with E-state index in [0.29, 0.717) is 11.4 Å². The van der Waals surface area contributed by atoms with Gasteiger partial charge in [-0.15, -0.1) is 0 Å². The van der Waals surface area contributed by atoms with Crippen molar-refractivity contribution in [3.8, 4) is 5.75 Å². The molecule has 0 unspecified atom stereocenters. The number of nitrogens with zero attached hydrogens (tertiary/aromatic N) is 1. The van der Waals surface area contributed by atoms with Crippen molar-refractivity contribution >= 4 is 23.4 Å². The smallest absolute Gasteiger partial charge is 0.254 e. The van der Waals surface area contributed by atoms with Gasteiger partial charge in [0.2, 0.25) is 11.8 Å². The number of halogens is 1. The molecule has 3 aromatic rings. The minimum absolute atomic E-state index is 0.183. The summed E-state index contributed by atoms with van der Waals surface area (Å²) in [4.78, 5) is 39.0. The zero-order valence-electron chi connectivity index (χ0n) is 18.1. The second kappa shape index (κ2) is 11.4. The van der Waals surface area contributed by atoms with Crippen LogP contribution in [0.15, 0.2) is 78.9 Å². The molecule has 8 heteroatoms. The fraction of sp³-hybridized carbons (Fsp3) is 0.160. The third kappa shape index (κ3) is 7.17. The van der Waals surface area contributed by atoms with E-state index in [1.807, 2.05) is 30.3 Å². The van der Waals surface area contributed by atoms with E-state index < -0.39 is 23.5 Å². The molecular weight excluding hydrogens is 425 g/mol. The highest BCUT2D eigenvalue weighted by molar-refractivity contribution is 5.98. The Balaban J connectivity index is 1.60. The number of carbonyl (C=O) groups excluding carboxylic acids is 3. The van der Waals surface area contributed by atoms with Crippen molar-refractivity contribution in [1.82, 2.24) is 10.2 Å². The molecule has 0 atom stereocenters. The van der Waals surface area contributed by atoms with E-state index in [1.54, 1.807) is 31.4 Å². The lowest BCUT2D eigenvalue weighted by molar-refractivity contribution is -0.124. The van der Waals surface area contributed by atoms with Crippen LogP contribution in [0.2, 0.25) is 0 Å². The first-order valence-corrected chi connectivity index (χ1v) is 10.2. The Morgan fingerprint density at radius 1 is 0.879 bits per heavy atom. The summed E-state index contributed by atoms with van der Waals surface area (Å²) in [5, 5.41) is 5.20. The molecule has 33 heavy (non-hydrogen) atoms. The largest absolute Gasteiger partial charge is 0.497 e. The highest BCUT2D eigenvalue weighted by Gasteiger charge is 2.20. The lowest BCUT2D eigenvalue weighted by atomic mass is 10.1. The first-order valence-electron chi connectivity index (χ1n) is 10.2. The predicted octanol–water partition coefficient (Wildman–Crippen LogP) is 3.23. The molecule has 0 aliphatic heterocycles. The fourth-order valence-electron chi connectivity index (χ4n) is 3.07. The van der Waals surface area contributed by atoms with Crippen LogP contribution in [0.25, 0.3) is 0 Å². The Morgan fingerprint density at radius 2 is 1.55 bits per heavy atom. The van der Waals surface area contributed by atoms with Crippen molar-refractivity contribution in [1.29, 1.82) is 0 Å². The molecule has 170 valence electrons. The van der Waals surface area contributed by atoms with Crippen LogP contribution in [0.4, 0.5) is 10.1 Å². The van der Waals surface area contributed by atoms with Gasteiger partial charge in [-0.3, -0.25) is 14.4 Å². The van der Waals surface area contributed by atoms with Crippen LogP contribution in [0, 0.1) is 5.82 Å². The average Bonchev–Trinajstić information content (AvgIpc) is 2.83. The maximum atomic E-state index is 13.2. The van der Waals surface area contributed by atoms with E-state index in [1.165, 1.54) is 29.2 Å². The van der Waals surface area contributed by atoms with Crippen molar-refractivity contribution in [3.05, 3.63) is 95.8 Å². The minimum Gasteiger partial charge on any atom is -0.497 e. The highest BCUT2D eigenvalue weighted by atomic mass is 19.1. The molecule has 3 aromatic carbocycles. The van der Waals surface area contributed by atoms with Crippen LogP contribution >= 0.6 is 0 Å². The van der Waals surface area contributed by atoms with E-state index in [0.717, 1.165) is 5.56 Å². The van der Waals surface area contributed by atoms with Crippen molar-refractivity contribution in [2.24, 2.45) is 0 Å². The molecule has 0 aliphatic carbocycles. The molecule has 0 saturated carbocycles. The second-order valence-electron chi connectivity index (χ2n) is 7.21. The topological polar surface area (TPSA) is 87.7 Å². The van der Waals surface area contributed by atoms with Gasteiger partial charge in [0.15, 0.2) is 0 Å². The zero-order valence-corrected chi connectivity index (χ0v) is 18.1. The molecule has 7 nitrogen and oxygen atoms in total. The summed E-state index contributed by atoms with van der Waals surface area (Å²) in [5.74, 6) is -1.12. The van der Waals surface area contributed by atoms with Gasteiger partial charge in [-0.05, 0) is 54.1 Å². The van der Waals surface area contributed by atoms with Crippen LogP contribution in [0.5, 0.6) is 5.75 Å². The third-order valence-corrected chi connectivity index (χ3v) is 4.75. The number of anilines is 1. The highest BCUT2D eigenvalue weighted by Crippen LogP contribution is 2.15. The van der Waals surface area contributed by atoms with Crippen LogP contribution in [-0.4, -0.2) is 42.8 Å². The van der Waals surface area contributed by atoms with Gasteiger partial charge in [-0.25, -0.2) is 4.39 Å². The number of ether oxygens (including phenoxy) is 1. The number of carbonyl (C=O) groups is 3. The Hall–Kier alpha value is -4.20. The molecule has 0 saturated heterocycles. The molecule has 0 fully saturated rings. The summed E-state index contributed by atoms with van der Waals surface area (Å²) >= 11 is 0. The monoisotopic (exact) mass is 449 g/mol. The predicted molar refractivity (Wildman–Crippen MR) is 122 cm³/mol. The van der Waals surface area contributed by atoms with Crippen LogP contribution in [0.3, 0.4) is 0 Å². The number of benzene rings is 3. The summed E-state index contributed by atoms with van der Waals surface area (Å²) < 4.78 is 18.3. The average molecular weight is 449 g/mol. The zero-order chi connectivity index (χ0) is 23.6. The molecule has 0 aliphatic rings. The Kier molecular flexibility index (Phi) is 8.13. The number of nitrogens with one attached hydrogen (secondary N) is 2. The molecule has 0 heterocycles. The second-order valence-corrected chi connectivity index (χ2v) is 7.21. The SMILES string of the molecule is COc1ccc(NC(=O)CNC(=O)CN(Cc2ccccc2)C(=O)c2ccc(F)cc2)cc1. The Labute approximate surface area is 191 Å².